The van der Waals surface area contributed by atoms with Crippen LogP contribution in [-0.2, 0) is 21.7 Å². The van der Waals surface area contributed by atoms with Crippen LogP contribution in [0.4, 0.5) is 17.1 Å². The Morgan fingerprint density at radius 1 is 0.404 bits per heavy atom. The molecule has 57 heavy (non-hydrogen) atoms. The van der Waals surface area contributed by atoms with E-state index in [1.807, 2.05) is 0 Å². The average molecular weight is 744 g/mol. The normalized spacial score (nSPS) is 14.1. The van der Waals surface area contributed by atoms with Crippen LogP contribution in [0.15, 0.2) is 127 Å². The summed E-state index contributed by atoms with van der Waals surface area (Å²) in [6, 6.07) is 49.4. The fourth-order valence-electron chi connectivity index (χ4n) is 9.46. The van der Waals surface area contributed by atoms with Crippen molar-refractivity contribution in [3.05, 3.63) is 161 Å². The minimum absolute atomic E-state index is 0.0897. The Bertz CT molecular complexity index is 2770. The molecule has 0 amide bonds. The van der Waals surface area contributed by atoms with Gasteiger partial charge < -0.3 is 4.90 Å². The van der Waals surface area contributed by atoms with Gasteiger partial charge >= 0.3 is 0 Å². The molecule has 8 aromatic carbocycles. The third-order valence-corrected chi connectivity index (χ3v) is 13.0. The number of fused-ring (bicyclic) bond motifs is 3. The summed E-state index contributed by atoms with van der Waals surface area (Å²) in [6.07, 6.45) is 0. The predicted octanol–water partition coefficient (Wildman–Crippen LogP) is 16.2. The highest BCUT2D eigenvalue weighted by Gasteiger charge is 2.36. The van der Waals surface area contributed by atoms with Gasteiger partial charge in [-0.25, -0.2) is 0 Å². The first-order chi connectivity index (χ1) is 26.8. The first kappa shape index (κ1) is 37.2. The van der Waals surface area contributed by atoms with Gasteiger partial charge in [-0.15, -0.1) is 0 Å². The van der Waals surface area contributed by atoms with Crippen LogP contribution in [0.3, 0.4) is 0 Å². The Kier molecular flexibility index (Phi) is 8.19. The Labute approximate surface area is 340 Å². The largest absolute Gasteiger partial charge is 0.310 e. The van der Waals surface area contributed by atoms with Crippen molar-refractivity contribution in [2.45, 2.75) is 105 Å². The maximum absolute atomic E-state index is 2.49. The Balaban J connectivity index is 1.16. The van der Waals surface area contributed by atoms with E-state index in [4.69, 9.17) is 0 Å². The minimum Gasteiger partial charge on any atom is -0.310 e. The summed E-state index contributed by atoms with van der Waals surface area (Å²) in [6.45, 7) is 27.7. The molecule has 1 heteroatoms. The lowest BCUT2D eigenvalue weighted by Crippen LogP contribution is -2.17. The molecule has 0 saturated heterocycles. The van der Waals surface area contributed by atoms with Gasteiger partial charge in [-0.05, 0) is 154 Å². The maximum Gasteiger partial charge on any atom is 0.0465 e. The third kappa shape index (κ3) is 6.05. The van der Waals surface area contributed by atoms with Crippen molar-refractivity contribution in [2.24, 2.45) is 0 Å². The van der Waals surface area contributed by atoms with Gasteiger partial charge in [-0.3, -0.25) is 0 Å². The van der Waals surface area contributed by atoms with Crippen molar-refractivity contribution in [1.82, 2.24) is 0 Å². The van der Waals surface area contributed by atoms with Gasteiger partial charge in [-0.2, -0.15) is 0 Å². The molecule has 1 aliphatic carbocycles. The first-order valence-corrected chi connectivity index (χ1v) is 20.8. The molecule has 0 unspecified atom stereocenters. The summed E-state index contributed by atoms with van der Waals surface area (Å²) in [5.41, 5.74) is 17.0. The summed E-state index contributed by atoms with van der Waals surface area (Å²) in [7, 11) is 0. The molecule has 0 fully saturated rings. The van der Waals surface area contributed by atoms with Crippen LogP contribution in [0.1, 0.15) is 110 Å². The molecule has 0 N–H and O–H groups in total. The molecular weight excluding hydrogens is 687 g/mol. The van der Waals surface area contributed by atoms with Crippen LogP contribution in [0.5, 0.6) is 0 Å². The SMILES string of the molecule is Cc1cc(-c2ccc3c(c2)C(C)(C)c2cc(N(c4ccc(C(C)(C)C)cc4)c4ccc(C(C)(C)C)cc4)ccc2-3)c2ccc3cc(C(C)(C)C)cc4ccc1c2c43. The van der Waals surface area contributed by atoms with Crippen molar-refractivity contribution in [2.75, 3.05) is 4.90 Å². The Hall–Kier alpha value is -5.40. The summed E-state index contributed by atoms with van der Waals surface area (Å²) < 4.78 is 0. The number of aryl methyl sites for hydroxylation is 1. The summed E-state index contributed by atoms with van der Waals surface area (Å²) in [5.74, 6) is 0. The minimum atomic E-state index is -0.184. The predicted molar refractivity (Wildman–Crippen MR) is 249 cm³/mol. The zero-order chi connectivity index (χ0) is 40.4. The van der Waals surface area contributed by atoms with E-state index >= 15 is 0 Å². The van der Waals surface area contributed by atoms with Crippen LogP contribution in [0.25, 0.3) is 54.6 Å². The lowest BCUT2D eigenvalue weighted by molar-refractivity contribution is 0.590. The van der Waals surface area contributed by atoms with Gasteiger partial charge in [0.25, 0.3) is 0 Å². The molecule has 0 bridgehead atoms. The van der Waals surface area contributed by atoms with Gasteiger partial charge in [0.2, 0.25) is 0 Å². The second-order valence-electron chi connectivity index (χ2n) is 20.4. The molecule has 0 heterocycles. The smallest absolute Gasteiger partial charge is 0.0465 e. The topological polar surface area (TPSA) is 3.24 Å². The third-order valence-electron chi connectivity index (χ3n) is 13.0. The molecule has 0 atom stereocenters. The molecule has 0 saturated carbocycles. The van der Waals surface area contributed by atoms with Crippen molar-refractivity contribution in [3.8, 4) is 22.3 Å². The lowest BCUT2D eigenvalue weighted by atomic mass is 9.80. The van der Waals surface area contributed by atoms with E-state index in [1.165, 1.54) is 105 Å². The molecule has 8 aromatic rings. The molecule has 9 rings (SSSR count). The zero-order valence-electron chi connectivity index (χ0n) is 36.1. The van der Waals surface area contributed by atoms with E-state index in [0.717, 1.165) is 0 Å². The highest BCUT2D eigenvalue weighted by molar-refractivity contribution is 6.26. The van der Waals surface area contributed by atoms with E-state index < -0.39 is 0 Å². The number of hydrogen-bond donors (Lipinski definition) is 0. The average Bonchev–Trinajstić information content (AvgIpc) is 3.38. The fraction of sp³-hybridized carbons (Fsp3) is 0.286. The number of benzene rings is 8. The molecule has 0 spiro atoms. The Morgan fingerprint density at radius 3 is 1.40 bits per heavy atom. The van der Waals surface area contributed by atoms with Crippen molar-refractivity contribution in [3.63, 3.8) is 0 Å². The lowest BCUT2D eigenvalue weighted by Gasteiger charge is -2.29. The van der Waals surface area contributed by atoms with Crippen LogP contribution < -0.4 is 4.90 Å². The van der Waals surface area contributed by atoms with Crippen LogP contribution in [0.2, 0.25) is 0 Å². The number of anilines is 3. The van der Waals surface area contributed by atoms with E-state index in [2.05, 4.69) is 215 Å². The molecule has 1 nitrogen and oxygen atoms in total. The van der Waals surface area contributed by atoms with Gasteiger partial charge in [0, 0.05) is 22.5 Å². The monoisotopic (exact) mass is 743 g/mol. The summed E-state index contributed by atoms with van der Waals surface area (Å²) in [4.78, 5) is 2.43. The first-order valence-electron chi connectivity index (χ1n) is 20.8. The molecular formula is C56H57N. The number of nitrogens with zero attached hydrogens (tertiary/aromatic N) is 1. The molecule has 0 radical (unpaired) electrons. The summed E-state index contributed by atoms with van der Waals surface area (Å²) in [5, 5.41) is 8.12. The van der Waals surface area contributed by atoms with Crippen molar-refractivity contribution >= 4 is 49.4 Å². The quantitative estimate of drug-likeness (QED) is 0.162. The zero-order valence-corrected chi connectivity index (χ0v) is 36.1. The molecule has 286 valence electrons. The van der Waals surface area contributed by atoms with Crippen LogP contribution in [-0.4, -0.2) is 0 Å². The van der Waals surface area contributed by atoms with Gasteiger partial charge in [0.15, 0.2) is 0 Å². The van der Waals surface area contributed by atoms with E-state index in [1.54, 1.807) is 0 Å². The van der Waals surface area contributed by atoms with Gasteiger partial charge in [0.05, 0.1) is 0 Å². The highest BCUT2D eigenvalue weighted by Crippen LogP contribution is 2.52. The van der Waals surface area contributed by atoms with Crippen molar-refractivity contribution < 1.29 is 0 Å². The molecule has 0 aromatic heterocycles. The van der Waals surface area contributed by atoms with Gasteiger partial charge in [0.1, 0.15) is 0 Å². The second-order valence-corrected chi connectivity index (χ2v) is 20.4. The standard InChI is InChI=1S/C56H57N/c1-34-29-48(47-27-15-37-31-40(55(8,9)10)30-36-14-25-44(34)52(47)51(36)37)35-13-26-45-46-28-24-43(33-50(46)56(11,12)49(45)32-35)57(41-20-16-38(17-21-41)53(2,3)4)42-22-18-39(19-23-42)54(5,6)7/h13-33H,1-12H3. The molecule has 0 aliphatic heterocycles. The maximum atomic E-state index is 2.49. The van der Waals surface area contributed by atoms with Gasteiger partial charge in [-0.1, -0.05) is 161 Å². The highest BCUT2D eigenvalue weighted by atomic mass is 15.1. The van der Waals surface area contributed by atoms with Crippen molar-refractivity contribution in [1.29, 1.82) is 0 Å². The van der Waals surface area contributed by atoms with Crippen LogP contribution >= 0.6 is 0 Å². The fourth-order valence-corrected chi connectivity index (χ4v) is 9.46. The molecule has 1 aliphatic rings. The Morgan fingerprint density at radius 2 is 0.877 bits per heavy atom. The second kappa shape index (κ2) is 12.5. The van der Waals surface area contributed by atoms with E-state index in [-0.39, 0.29) is 21.7 Å². The number of hydrogen-bond acceptors (Lipinski definition) is 1. The van der Waals surface area contributed by atoms with E-state index in [9.17, 15) is 0 Å². The summed E-state index contributed by atoms with van der Waals surface area (Å²) >= 11 is 0. The number of rotatable bonds is 4. The van der Waals surface area contributed by atoms with Crippen LogP contribution in [0, 0.1) is 6.92 Å². The van der Waals surface area contributed by atoms with E-state index in [0.29, 0.717) is 0 Å².